The number of alkyl halides is 3. The lowest BCUT2D eigenvalue weighted by atomic mass is 10.1. The van der Waals surface area contributed by atoms with Gasteiger partial charge in [0.25, 0.3) is 0 Å². The highest BCUT2D eigenvalue weighted by atomic mass is 19.4. The van der Waals surface area contributed by atoms with E-state index < -0.39 is 46.8 Å². The van der Waals surface area contributed by atoms with Crippen LogP contribution in [0.2, 0.25) is 0 Å². The molecule has 1 N–H and O–H groups in total. The van der Waals surface area contributed by atoms with Crippen molar-refractivity contribution >= 4 is 17.8 Å². The average Bonchev–Trinajstić information content (AvgIpc) is 2.63. The number of ether oxygens (including phenoxy) is 2. The smallest absolute Gasteiger partial charge is 0.478 e. The van der Waals surface area contributed by atoms with Gasteiger partial charge in [0.1, 0.15) is 5.75 Å². The van der Waals surface area contributed by atoms with Crippen LogP contribution in [0.1, 0.15) is 29.8 Å². The van der Waals surface area contributed by atoms with Crippen LogP contribution in [-0.4, -0.2) is 28.8 Å². The van der Waals surface area contributed by atoms with Gasteiger partial charge >= 0.3 is 12.3 Å². The Hall–Kier alpha value is -3.43. The molecule has 0 saturated heterocycles. The molecule has 0 amide bonds. The molecule has 0 aliphatic rings. The van der Waals surface area contributed by atoms with Crippen LogP contribution < -0.4 is 9.47 Å². The third-order valence-corrected chi connectivity index (χ3v) is 3.74. The molecule has 0 aliphatic carbocycles. The Balaban J connectivity index is 2.16. The van der Waals surface area contributed by atoms with Gasteiger partial charge in [0, 0.05) is 11.1 Å². The van der Waals surface area contributed by atoms with Crippen molar-refractivity contribution in [2.45, 2.75) is 25.8 Å². The fraction of sp³-hybridized carbons (Fsp3) is 0.200. The molecule has 2 aromatic carbocycles. The standard InChI is InChI=1S/C20H15F5O5/c1-19(2,18(27)28)30-15-10-6-12(16(21)17(15)22)5-9-14(26)11-3-7-13(8-4-11)29-20(23,24)25/h3-10H,1-2H3,(H,27,28). The Bertz CT molecular complexity index is 978. The summed E-state index contributed by atoms with van der Waals surface area (Å²) in [4.78, 5) is 23.1. The van der Waals surface area contributed by atoms with Gasteiger partial charge in [0.05, 0.1) is 0 Å². The number of rotatable bonds is 7. The fourth-order valence-corrected chi connectivity index (χ4v) is 2.16. The maximum absolute atomic E-state index is 14.2. The Labute approximate surface area is 167 Å². The lowest BCUT2D eigenvalue weighted by Crippen LogP contribution is -2.38. The molecule has 0 bridgehead atoms. The second kappa shape index (κ2) is 8.52. The van der Waals surface area contributed by atoms with Gasteiger partial charge in [-0.05, 0) is 62.4 Å². The molecule has 0 aliphatic heterocycles. The van der Waals surface area contributed by atoms with Crippen LogP contribution in [0.5, 0.6) is 11.5 Å². The average molecular weight is 430 g/mol. The summed E-state index contributed by atoms with van der Waals surface area (Å²) in [5.41, 5.74) is -2.13. The van der Waals surface area contributed by atoms with E-state index in [1.54, 1.807) is 0 Å². The highest BCUT2D eigenvalue weighted by Crippen LogP contribution is 2.27. The number of carbonyl (C=O) groups is 2. The highest BCUT2D eigenvalue weighted by molar-refractivity contribution is 6.06. The van der Waals surface area contributed by atoms with E-state index in [1.807, 2.05) is 0 Å². The van der Waals surface area contributed by atoms with Crippen LogP contribution in [0.4, 0.5) is 22.0 Å². The second-order valence-electron chi connectivity index (χ2n) is 6.47. The normalized spacial score (nSPS) is 12.1. The number of carboxylic acids is 1. The number of benzene rings is 2. The van der Waals surface area contributed by atoms with Crippen LogP contribution >= 0.6 is 0 Å². The third kappa shape index (κ3) is 5.79. The minimum atomic E-state index is -4.87. The molecule has 10 heteroatoms. The molecule has 2 rings (SSSR count). The SMILES string of the molecule is CC(C)(Oc1ccc(C=CC(=O)c2ccc(OC(F)(F)F)cc2)c(F)c1F)C(=O)O. The van der Waals surface area contributed by atoms with Crippen LogP contribution in [0, 0.1) is 11.6 Å². The number of halogens is 5. The molecule has 0 atom stereocenters. The summed E-state index contributed by atoms with van der Waals surface area (Å²) < 4.78 is 73.4. The van der Waals surface area contributed by atoms with Crippen molar-refractivity contribution in [3.8, 4) is 11.5 Å². The first-order chi connectivity index (χ1) is 13.8. The Morgan fingerprint density at radius 3 is 2.07 bits per heavy atom. The molecule has 0 fully saturated rings. The van der Waals surface area contributed by atoms with E-state index in [-0.39, 0.29) is 11.1 Å². The first kappa shape index (κ1) is 22.9. The van der Waals surface area contributed by atoms with E-state index >= 15 is 0 Å². The molecular weight excluding hydrogens is 415 g/mol. The van der Waals surface area contributed by atoms with Crippen molar-refractivity contribution in [3.63, 3.8) is 0 Å². The van der Waals surface area contributed by atoms with E-state index in [0.29, 0.717) is 0 Å². The summed E-state index contributed by atoms with van der Waals surface area (Å²) >= 11 is 0. The van der Waals surface area contributed by atoms with Gasteiger partial charge in [-0.3, -0.25) is 4.79 Å². The summed E-state index contributed by atoms with van der Waals surface area (Å²) in [6, 6.07) is 6.12. The van der Waals surface area contributed by atoms with Gasteiger partial charge in [0.15, 0.2) is 23.0 Å². The summed E-state index contributed by atoms with van der Waals surface area (Å²) in [7, 11) is 0. The number of carboxylic acid groups (broad SMARTS) is 1. The van der Waals surface area contributed by atoms with Crippen molar-refractivity contribution in [3.05, 3.63) is 65.2 Å². The van der Waals surface area contributed by atoms with Crippen molar-refractivity contribution < 1.29 is 46.1 Å². The predicted molar refractivity (Wildman–Crippen MR) is 95.2 cm³/mol. The Morgan fingerprint density at radius 1 is 0.933 bits per heavy atom. The van der Waals surface area contributed by atoms with E-state index in [0.717, 1.165) is 62.4 Å². The number of hydrogen-bond donors (Lipinski definition) is 1. The van der Waals surface area contributed by atoms with Gasteiger partial charge in [-0.1, -0.05) is 0 Å². The molecule has 0 saturated carbocycles. The number of ketones is 1. The molecule has 0 unspecified atom stereocenters. The van der Waals surface area contributed by atoms with Crippen LogP contribution in [-0.2, 0) is 4.79 Å². The summed E-state index contributed by atoms with van der Waals surface area (Å²) in [6.07, 6.45) is -3.01. The number of carbonyl (C=O) groups excluding carboxylic acids is 1. The molecule has 30 heavy (non-hydrogen) atoms. The summed E-state index contributed by atoms with van der Waals surface area (Å²) in [5, 5.41) is 8.99. The molecule has 0 radical (unpaired) electrons. The van der Waals surface area contributed by atoms with E-state index in [2.05, 4.69) is 4.74 Å². The summed E-state index contributed by atoms with van der Waals surface area (Å²) in [5.74, 6) is -6.01. The van der Waals surface area contributed by atoms with Crippen LogP contribution in [0.3, 0.4) is 0 Å². The molecule has 160 valence electrons. The lowest BCUT2D eigenvalue weighted by molar-refractivity contribution is -0.274. The molecule has 0 spiro atoms. The molecule has 0 aromatic heterocycles. The molecular formula is C20H15F5O5. The number of aliphatic carboxylic acids is 1. The predicted octanol–water partition coefficient (Wildman–Crippen LogP) is 5.00. The molecule has 5 nitrogen and oxygen atoms in total. The van der Waals surface area contributed by atoms with Crippen molar-refractivity contribution in [2.24, 2.45) is 0 Å². The van der Waals surface area contributed by atoms with Crippen LogP contribution in [0.25, 0.3) is 6.08 Å². The van der Waals surface area contributed by atoms with Crippen LogP contribution in [0.15, 0.2) is 42.5 Å². The largest absolute Gasteiger partial charge is 0.573 e. The summed E-state index contributed by atoms with van der Waals surface area (Å²) in [6.45, 7) is 2.31. The second-order valence-corrected chi connectivity index (χ2v) is 6.47. The first-order valence-corrected chi connectivity index (χ1v) is 8.29. The lowest BCUT2D eigenvalue weighted by Gasteiger charge is -2.22. The van der Waals surface area contributed by atoms with E-state index in [9.17, 15) is 31.5 Å². The zero-order chi connectivity index (χ0) is 22.7. The maximum Gasteiger partial charge on any atom is 0.573 e. The van der Waals surface area contributed by atoms with Gasteiger partial charge in [0.2, 0.25) is 5.82 Å². The fourth-order valence-electron chi connectivity index (χ4n) is 2.16. The third-order valence-electron chi connectivity index (χ3n) is 3.74. The number of allylic oxidation sites excluding steroid dienone is 1. The minimum absolute atomic E-state index is 0.00943. The van der Waals surface area contributed by atoms with Crippen molar-refractivity contribution in [2.75, 3.05) is 0 Å². The van der Waals surface area contributed by atoms with E-state index in [4.69, 9.17) is 9.84 Å². The first-order valence-electron chi connectivity index (χ1n) is 8.29. The monoisotopic (exact) mass is 430 g/mol. The zero-order valence-electron chi connectivity index (χ0n) is 15.6. The van der Waals surface area contributed by atoms with Gasteiger partial charge < -0.3 is 14.6 Å². The minimum Gasteiger partial charge on any atom is -0.478 e. The Kier molecular flexibility index (Phi) is 6.49. The quantitative estimate of drug-likeness (QED) is 0.380. The highest BCUT2D eigenvalue weighted by Gasteiger charge is 2.32. The molecule has 2 aromatic rings. The molecule has 0 heterocycles. The zero-order valence-corrected chi connectivity index (χ0v) is 15.6. The maximum atomic E-state index is 14.2. The van der Waals surface area contributed by atoms with Gasteiger partial charge in [-0.25, -0.2) is 9.18 Å². The van der Waals surface area contributed by atoms with Crippen molar-refractivity contribution in [1.82, 2.24) is 0 Å². The van der Waals surface area contributed by atoms with Gasteiger partial charge in [-0.15, -0.1) is 13.2 Å². The van der Waals surface area contributed by atoms with Gasteiger partial charge in [-0.2, -0.15) is 4.39 Å². The topological polar surface area (TPSA) is 72.8 Å². The Morgan fingerprint density at radius 2 is 1.53 bits per heavy atom. The number of hydrogen-bond acceptors (Lipinski definition) is 4. The van der Waals surface area contributed by atoms with Crippen molar-refractivity contribution in [1.29, 1.82) is 0 Å². The van der Waals surface area contributed by atoms with E-state index in [1.165, 1.54) is 0 Å².